The molecular weight excluding hydrogens is 393 g/mol. The minimum atomic E-state index is -1.02. The predicted molar refractivity (Wildman–Crippen MR) is 79.9 cm³/mol. The number of rotatable bonds is 2. The van der Waals surface area contributed by atoms with Gasteiger partial charge in [-0.05, 0) is 62.2 Å². The third-order valence-corrected chi connectivity index (χ3v) is 3.93. The Morgan fingerprint density at radius 2 is 2.00 bits per heavy atom. The average molecular weight is 401 g/mol. The zero-order chi connectivity index (χ0) is 14.3. The van der Waals surface area contributed by atoms with Crippen molar-refractivity contribution in [2.45, 2.75) is 6.10 Å². The third kappa shape index (κ3) is 2.51. The van der Waals surface area contributed by atoms with Crippen LogP contribution in [0.3, 0.4) is 0 Å². The molecule has 0 aliphatic carbocycles. The fourth-order valence-electron chi connectivity index (χ4n) is 1.93. The van der Waals surface area contributed by atoms with Gasteiger partial charge in [0.15, 0.2) is 6.10 Å². The summed E-state index contributed by atoms with van der Waals surface area (Å²) in [6.07, 6.45) is 0.568. The summed E-state index contributed by atoms with van der Waals surface area (Å²) in [5.41, 5.74) is 0.960. The van der Waals surface area contributed by atoms with Crippen molar-refractivity contribution in [3.8, 4) is 0 Å². The van der Waals surface area contributed by atoms with Crippen LogP contribution in [0.2, 0.25) is 0 Å². The lowest BCUT2D eigenvalue weighted by Gasteiger charge is -2.09. The Hall–Kier alpha value is -1.24. The molecule has 0 aliphatic rings. The smallest absolute Gasteiger partial charge is 0.155 e. The first kappa shape index (κ1) is 13.7. The van der Waals surface area contributed by atoms with E-state index in [-0.39, 0.29) is 5.82 Å². The number of fused-ring (bicyclic) bond motifs is 1. The molecule has 0 aliphatic heterocycles. The van der Waals surface area contributed by atoms with Crippen LogP contribution in [-0.2, 0) is 0 Å². The quantitative estimate of drug-likeness (QED) is 0.685. The Kier molecular flexibility index (Phi) is 3.62. The van der Waals surface area contributed by atoms with Gasteiger partial charge < -0.3 is 9.52 Å². The summed E-state index contributed by atoms with van der Waals surface area (Å²) >= 11 is 6.64. The van der Waals surface area contributed by atoms with Crippen LogP contribution in [0.5, 0.6) is 0 Å². The van der Waals surface area contributed by atoms with E-state index in [2.05, 4.69) is 36.8 Å². The number of hydrogen-bond donors (Lipinski definition) is 1. The predicted octanol–water partition coefficient (Wildman–Crippen LogP) is 4.57. The van der Waals surface area contributed by atoms with Crippen LogP contribution in [0.15, 0.2) is 49.9 Å². The molecule has 102 valence electrons. The molecule has 2 aromatic heterocycles. The van der Waals surface area contributed by atoms with Crippen LogP contribution in [-0.4, -0.2) is 10.1 Å². The molecule has 0 saturated heterocycles. The number of pyridine rings is 1. The molecule has 0 radical (unpaired) electrons. The monoisotopic (exact) mass is 399 g/mol. The highest BCUT2D eigenvalue weighted by molar-refractivity contribution is 9.11. The van der Waals surface area contributed by atoms with Gasteiger partial charge in [0.1, 0.15) is 17.2 Å². The lowest BCUT2D eigenvalue weighted by molar-refractivity contribution is 0.187. The van der Waals surface area contributed by atoms with E-state index in [4.69, 9.17) is 4.42 Å². The molecule has 1 atom stereocenters. The van der Waals surface area contributed by atoms with Gasteiger partial charge in [-0.3, -0.25) is 4.98 Å². The number of aromatic nitrogens is 1. The molecule has 3 rings (SSSR count). The van der Waals surface area contributed by atoms with Crippen LogP contribution < -0.4 is 0 Å². The third-order valence-electron chi connectivity index (χ3n) is 2.86. The van der Waals surface area contributed by atoms with Crippen molar-refractivity contribution >= 4 is 42.8 Å². The summed E-state index contributed by atoms with van der Waals surface area (Å²) < 4.78 is 20.1. The van der Waals surface area contributed by atoms with Gasteiger partial charge in [-0.2, -0.15) is 0 Å². The van der Waals surface area contributed by atoms with Crippen molar-refractivity contribution in [3.05, 3.63) is 62.7 Å². The maximum Gasteiger partial charge on any atom is 0.155 e. The van der Waals surface area contributed by atoms with Crippen LogP contribution in [0.1, 0.15) is 17.6 Å². The highest BCUT2D eigenvalue weighted by Gasteiger charge is 2.20. The normalized spacial score (nSPS) is 12.8. The van der Waals surface area contributed by atoms with Gasteiger partial charge in [0.2, 0.25) is 0 Å². The number of hydrogen-bond acceptors (Lipinski definition) is 3. The van der Waals surface area contributed by atoms with E-state index in [0.29, 0.717) is 26.9 Å². The highest BCUT2D eigenvalue weighted by Crippen LogP contribution is 2.32. The van der Waals surface area contributed by atoms with Crippen molar-refractivity contribution in [2.75, 3.05) is 0 Å². The second kappa shape index (κ2) is 5.27. The molecular formula is C14H8Br2FNO2. The zero-order valence-corrected chi connectivity index (χ0v) is 13.2. The second-order valence-corrected chi connectivity index (χ2v) is 6.02. The molecule has 6 heteroatoms. The fraction of sp³-hybridized carbons (Fsp3) is 0.0714. The van der Waals surface area contributed by atoms with Gasteiger partial charge in [-0.15, -0.1) is 0 Å². The van der Waals surface area contributed by atoms with Crippen molar-refractivity contribution in [2.24, 2.45) is 0 Å². The SMILES string of the molecule is OC(c1cc2cc(F)ccc2o1)c1ncc(Br)cc1Br. The zero-order valence-electron chi connectivity index (χ0n) is 9.98. The molecule has 3 aromatic rings. The van der Waals surface area contributed by atoms with Gasteiger partial charge in [0.05, 0.1) is 5.69 Å². The topological polar surface area (TPSA) is 46.3 Å². The molecule has 1 N–H and O–H groups in total. The van der Waals surface area contributed by atoms with Crippen molar-refractivity contribution in [3.63, 3.8) is 0 Å². The average Bonchev–Trinajstić information content (AvgIpc) is 2.81. The number of furan rings is 1. The minimum absolute atomic E-state index is 0.320. The summed E-state index contributed by atoms with van der Waals surface area (Å²) in [5, 5.41) is 10.9. The van der Waals surface area contributed by atoms with Gasteiger partial charge >= 0.3 is 0 Å². The van der Waals surface area contributed by atoms with Gasteiger partial charge in [-0.25, -0.2) is 4.39 Å². The highest BCUT2D eigenvalue weighted by atomic mass is 79.9. The van der Waals surface area contributed by atoms with E-state index < -0.39 is 6.10 Å². The Labute approximate surface area is 130 Å². The van der Waals surface area contributed by atoms with Crippen LogP contribution in [0, 0.1) is 5.82 Å². The molecule has 0 spiro atoms. The van der Waals surface area contributed by atoms with Gasteiger partial charge in [-0.1, -0.05) is 0 Å². The van der Waals surface area contributed by atoms with Gasteiger partial charge in [0, 0.05) is 20.5 Å². The summed E-state index contributed by atoms with van der Waals surface area (Å²) in [7, 11) is 0. The molecule has 1 unspecified atom stereocenters. The first-order chi connectivity index (χ1) is 9.54. The van der Waals surface area contributed by atoms with E-state index in [1.54, 1.807) is 18.3 Å². The first-order valence-corrected chi connectivity index (χ1v) is 7.31. The fourth-order valence-corrected chi connectivity index (χ4v) is 3.13. The van der Waals surface area contributed by atoms with Crippen LogP contribution in [0.4, 0.5) is 4.39 Å². The summed E-state index contributed by atoms with van der Waals surface area (Å²) in [6.45, 7) is 0. The van der Waals surface area contributed by atoms with Crippen molar-refractivity contribution in [1.82, 2.24) is 4.98 Å². The van der Waals surface area contributed by atoms with Crippen molar-refractivity contribution < 1.29 is 13.9 Å². The lowest BCUT2D eigenvalue weighted by Crippen LogP contribution is -2.02. The molecule has 0 amide bonds. The summed E-state index contributed by atoms with van der Waals surface area (Å²) in [5.74, 6) is -0.0246. The largest absolute Gasteiger partial charge is 0.458 e. The number of benzene rings is 1. The molecule has 0 bridgehead atoms. The molecule has 0 saturated carbocycles. The van der Waals surface area contributed by atoms with Crippen LogP contribution in [0.25, 0.3) is 11.0 Å². The number of halogens is 3. The standard InChI is InChI=1S/C14H8Br2FNO2/c15-8-5-10(16)13(18-6-8)14(19)12-4-7-3-9(17)1-2-11(7)20-12/h1-6,14,19H. The van der Waals surface area contributed by atoms with E-state index in [0.717, 1.165) is 4.47 Å². The number of aliphatic hydroxyl groups is 1. The maximum absolute atomic E-state index is 13.1. The van der Waals surface area contributed by atoms with E-state index in [1.165, 1.54) is 18.2 Å². The first-order valence-electron chi connectivity index (χ1n) is 5.72. The lowest BCUT2D eigenvalue weighted by atomic mass is 10.1. The Morgan fingerprint density at radius 1 is 1.20 bits per heavy atom. The summed E-state index contributed by atoms with van der Waals surface area (Å²) in [6, 6.07) is 7.60. The maximum atomic E-state index is 13.1. The summed E-state index contributed by atoms with van der Waals surface area (Å²) in [4.78, 5) is 4.16. The van der Waals surface area contributed by atoms with E-state index >= 15 is 0 Å². The Bertz CT molecular complexity index is 788. The van der Waals surface area contributed by atoms with E-state index in [1.807, 2.05) is 0 Å². The molecule has 3 nitrogen and oxygen atoms in total. The van der Waals surface area contributed by atoms with Crippen molar-refractivity contribution in [1.29, 1.82) is 0 Å². The number of aliphatic hydroxyl groups excluding tert-OH is 1. The van der Waals surface area contributed by atoms with E-state index in [9.17, 15) is 9.50 Å². The molecule has 1 aromatic carbocycles. The molecule has 2 heterocycles. The molecule has 20 heavy (non-hydrogen) atoms. The number of nitrogens with zero attached hydrogens (tertiary/aromatic N) is 1. The minimum Gasteiger partial charge on any atom is -0.458 e. The Balaban J connectivity index is 2.05. The molecule has 0 fully saturated rings. The van der Waals surface area contributed by atoms with Crippen LogP contribution >= 0.6 is 31.9 Å². The van der Waals surface area contributed by atoms with Gasteiger partial charge in [0.25, 0.3) is 0 Å². The second-order valence-electron chi connectivity index (χ2n) is 4.25. The Morgan fingerprint density at radius 3 is 2.75 bits per heavy atom.